The van der Waals surface area contributed by atoms with Crippen LogP contribution in [0.15, 0.2) is 29.3 Å². The minimum Gasteiger partial charge on any atom is -0.369 e. The summed E-state index contributed by atoms with van der Waals surface area (Å²) >= 11 is 0. The number of aliphatic imine (C=N–C) groups is 1. The summed E-state index contributed by atoms with van der Waals surface area (Å²) in [5.41, 5.74) is 2.71. The highest BCUT2D eigenvalue weighted by atomic mass is 15.3. The Hall–Kier alpha value is -1.75. The van der Waals surface area contributed by atoms with E-state index in [0.29, 0.717) is 6.04 Å². The van der Waals surface area contributed by atoms with Gasteiger partial charge in [-0.3, -0.25) is 9.89 Å². The topological polar surface area (TPSA) is 42.9 Å². The SMILES string of the molecule is CN=C(NCCCCN1CCN(c2cccc(C)c2)CC1)NC(C)C. The molecule has 0 amide bonds. The second kappa shape index (κ2) is 10.3. The Morgan fingerprint density at radius 1 is 1.16 bits per heavy atom. The molecule has 0 spiro atoms. The largest absolute Gasteiger partial charge is 0.369 e. The zero-order valence-corrected chi connectivity index (χ0v) is 16.4. The second-order valence-electron chi connectivity index (χ2n) is 7.17. The Morgan fingerprint density at radius 2 is 1.92 bits per heavy atom. The smallest absolute Gasteiger partial charge is 0.191 e. The molecule has 0 aliphatic carbocycles. The van der Waals surface area contributed by atoms with E-state index in [1.54, 1.807) is 0 Å². The Kier molecular flexibility index (Phi) is 8.06. The van der Waals surface area contributed by atoms with Crippen molar-refractivity contribution in [1.82, 2.24) is 15.5 Å². The number of unbranched alkanes of at least 4 members (excludes halogenated alkanes) is 1. The summed E-state index contributed by atoms with van der Waals surface area (Å²) in [7, 11) is 1.82. The first kappa shape index (κ1) is 19.6. The summed E-state index contributed by atoms with van der Waals surface area (Å²) < 4.78 is 0. The van der Waals surface area contributed by atoms with E-state index in [1.807, 2.05) is 7.05 Å². The van der Waals surface area contributed by atoms with Gasteiger partial charge in [-0.2, -0.15) is 0 Å². The van der Waals surface area contributed by atoms with Crippen LogP contribution in [-0.2, 0) is 0 Å². The summed E-state index contributed by atoms with van der Waals surface area (Å²) in [4.78, 5) is 9.33. The first-order valence-corrected chi connectivity index (χ1v) is 9.59. The third kappa shape index (κ3) is 6.94. The van der Waals surface area contributed by atoms with Crippen LogP contribution in [0.2, 0.25) is 0 Å². The van der Waals surface area contributed by atoms with Crippen molar-refractivity contribution in [3.63, 3.8) is 0 Å². The number of piperazine rings is 1. The highest BCUT2D eigenvalue weighted by Gasteiger charge is 2.16. The molecule has 0 unspecified atom stereocenters. The van der Waals surface area contributed by atoms with Crippen LogP contribution >= 0.6 is 0 Å². The fourth-order valence-electron chi connectivity index (χ4n) is 3.19. The molecular weight excluding hydrogens is 310 g/mol. The molecule has 1 aliphatic rings. The number of hydrogen-bond acceptors (Lipinski definition) is 3. The van der Waals surface area contributed by atoms with Gasteiger partial charge in [0.15, 0.2) is 5.96 Å². The maximum Gasteiger partial charge on any atom is 0.191 e. The van der Waals surface area contributed by atoms with Crippen LogP contribution < -0.4 is 15.5 Å². The number of benzene rings is 1. The zero-order valence-electron chi connectivity index (χ0n) is 16.4. The van der Waals surface area contributed by atoms with Gasteiger partial charge >= 0.3 is 0 Å². The van der Waals surface area contributed by atoms with Gasteiger partial charge in [0.25, 0.3) is 0 Å². The molecule has 5 nitrogen and oxygen atoms in total. The van der Waals surface area contributed by atoms with Gasteiger partial charge in [-0.1, -0.05) is 12.1 Å². The van der Waals surface area contributed by atoms with Crippen molar-refractivity contribution in [1.29, 1.82) is 0 Å². The van der Waals surface area contributed by atoms with E-state index in [1.165, 1.54) is 30.6 Å². The van der Waals surface area contributed by atoms with E-state index in [2.05, 4.69) is 70.5 Å². The van der Waals surface area contributed by atoms with E-state index < -0.39 is 0 Å². The van der Waals surface area contributed by atoms with Crippen molar-refractivity contribution >= 4 is 11.6 Å². The van der Waals surface area contributed by atoms with Crippen LogP contribution in [0.5, 0.6) is 0 Å². The highest BCUT2D eigenvalue weighted by molar-refractivity contribution is 5.79. The normalized spacial score (nSPS) is 16.4. The molecule has 1 fully saturated rings. The van der Waals surface area contributed by atoms with E-state index in [4.69, 9.17) is 0 Å². The molecule has 0 radical (unpaired) electrons. The molecule has 25 heavy (non-hydrogen) atoms. The number of rotatable bonds is 7. The first-order chi connectivity index (χ1) is 12.1. The molecule has 1 aliphatic heterocycles. The Balaban J connectivity index is 1.60. The molecule has 1 aromatic carbocycles. The molecule has 140 valence electrons. The minimum atomic E-state index is 0.413. The molecule has 0 bridgehead atoms. The van der Waals surface area contributed by atoms with Crippen molar-refractivity contribution in [2.24, 2.45) is 4.99 Å². The second-order valence-corrected chi connectivity index (χ2v) is 7.17. The third-order valence-electron chi connectivity index (χ3n) is 4.58. The predicted molar refractivity (Wildman–Crippen MR) is 109 cm³/mol. The average molecular weight is 346 g/mol. The number of aryl methyl sites for hydroxylation is 1. The maximum atomic E-state index is 4.24. The van der Waals surface area contributed by atoms with Crippen LogP contribution in [0.3, 0.4) is 0 Å². The summed E-state index contributed by atoms with van der Waals surface area (Å²) in [5.74, 6) is 0.904. The Labute approximate surface area is 153 Å². The van der Waals surface area contributed by atoms with E-state index in [-0.39, 0.29) is 0 Å². The van der Waals surface area contributed by atoms with Gasteiger partial charge < -0.3 is 15.5 Å². The summed E-state index contributed by atoms with van der Waals surface area (Å²) in [6.45, 7) is 13.2. The monoisotopic (exact) mass is 345 g/mol. The van der Waals surface area contributed by atoms with Gasteiger partial charge in [0.05, 0.1) is 0 Å². The Bertz CT molecular complexity index is 533. The summed E-state index contributed by atoms with van der Waals surface area (Å²) in [6.07, 6.45) is 2.41. The van der Waals surface area contributed by atoms with Crippen molar-refractivity contribution in [3.05, 3.63) is 29.8 Å². The fourth-order valence-corrected chi connectivity index (χ4v) is 3.19. The fraction of sp³-hybridized carbons (Fsp3) is 0.650. The minimum absolute atomic E-state index is 0.413. The van der Waals surface area contributed by atoms with Crippen molar-refractivity contribution in [2.45, 2.75) is 39.7 Å². The maximum absolute atomic E-state index is 4.24. The summed E-state index contributed by atoms with van der Waals surface area (Å²) in [5, 5.41) is 6.70. The Morgan fingerprint density at radius 3 is 2.56 bits per heavy atom. The lowest BCUT2D eigenvalue weighted by Gasteiger charge is -2.36. The van der Waals surface area contributed by atoms with Gasteiger partial charge in [-0.05, 0) is 57.9 Å². The van der Waals surface area contributed by atoms with Gasteiger partial charge in [-0.25, -0.2) is 0 Å². The van der Waals surface area contributed by atoms with Crippen molar-refractivity contribution in [2.75, 3.05) is 51.2 Å². The third-order valence-corrected chi connectivity index (χ3v) is 4.58. The van der Waals surface area contributed by atoms with Gasteiger partial charge in [0.2, 0.25) is 0 Å². The number of guanidine groups is 1. The van der Waals surface area contributed by atoms with Crippen molar-refractivity contribution in [3.8, 4) is 0 Å². The predicted octanol–water partition coefficient (Wildman–Crippen LogP) is 2.47. The number of hydrogen-bond donors (Lipinski definition) is 2. The summed E-state index contributed by atoms with van der Waals surface area (Å²) in [6, 6.07) is 9.26. The molecule has 0 saturated carbocycles. The van der Waals surface area contributed by atoms with Crippen LogP contribution in [0, 0.1) is 6.92 Å². The molecule has 0 aromatic heterocycles. The highest BCUT2D eigenvalue weighted by Crippen LogP contribution is 2.17. The lowest BCUT2D eigenvalue weighted by atomic mass is 10.2. The van der Waals surface area contributed by atoms with Crippen molar-refractivity contribution < 1.29 is 0 Å². The molecule has 2 N–H and O–H groups in total. The quantitative estimate of drug-likeness (QED) is 0.453. The lowest BCUT2D eigenvalue weighted by molar-refractivity contribution is 0.253. The van der Waals surface area contributed by atoms with Gasteiger partial charge in [0, 0.05) is 51.5 Å². The molecule has 0 atom stereocenters. The zero-order chi connectivity index (χ0) is 18.1. The molecule has 2 rings (SSSR count). The molecule has 5 heteroatoms. The van der Waals surface area contributed by atoms with Crippen LogP contribution in [0.4, 0.5) is 5.69 Å². The molecule has 1 aromatic rings. The average Bonchev–Trinajstić information content (AvgIpc) is 2.60. The molecular formula is C20H35N5. The van der Waals surface area contributed by atoms with E-state index >= 15 is 0 Å². The van der Waals surface area contributed by atoms with E-state index in [0.717, 1.165) is 38.7 Å². The van der Waals surface area contributed by atoms with E-state index in [9.17, 15) is 0 Å². The van der Waals surface area contributed by atoms with Gasteiger partial charge in [-0.15, -0.1) is 0 Å². The van der Waals surface area contributed by atoms with Gasteiger partial charge in [0.1, 0.15) is 0 Å². The molecule has 1 heterocycles. The van der Waals surface area contributed by atoms with Crippen LogP contribution in [0.25, 0.3) is 0 Å². The standard InChI is InChI=1S/C20H35N5/c1-17(2)23-20(21-4)22-10-5-6-11-24-12-14-25(15-13-24)19-9-7-8-18(3)16-19/h7-9,16-17H,5-6,10-15H2,1-4H3,(H2,21,22,23). The van der Waals surface area contributed by atoms with Crippen LogP contribution in [-0.4, -0.2) is 63.2 Å². The number of anilines is 1. The first-order valence-electron chi connectivity index (χ1n) is 9.59. The number of nitrogens with one attached hydrogen (secondary N) is 2. The lowest BCUT2D eigenvalue weighted by Crippen LogP contribution is -2.46. The van der Waals surface area contributed by atoms with Crippen LogP contribution in [0.1, 0.15) is 32.3 Å². The number of nitrogens with zero attached hydrogens (tertiary/aromatic N) is 3. The molecule has 1 saturated heterocycles.